The summed E-state index contributed by atoms with van der Waals surface area (Å²) < 4.78 is 7.24. The number of rotatable bonds is 6. The van der Waals surface area contributed by atoms with Gasteiger partial charge < -0.3 is 9.84 Å². The fourth-order valence-corrected chi connectivity index (χ4v) is 3.84. The standard InChI is InChI=1S/C26H27N7O/c1-17-11-19(5-6-20(17)13-28-14-23-31-25(34-32-23)26(2,3)4)24-22-12-21(15-33(22)30-16-29-24)18-7-9-27-10-8-18/h5-12,15-16,28H,13-14H2,1-4H3. The molecule has 0 fully saturated rings. The van der Waals surface area contributed by atoms with E-state index in [1.807, 2.05) is 22.8 Å². The minimum Gasteiger partial charge on any atom is -0.339 e. The Morgan fingerprint density at radius 2 is 1.79 bits per heavy atom. The number of hydrogen-bond donors (Lipinski definition) is 1. The summed E-state index contributed by atoms with van der Waals surface area (Å²) in [6.45, 7) is 9.55. The highest BCUT2D eigenvalue weighted by Crippen LogP contribution is 2.29. The topological polar surface area (TPSA) is 94.0 Å². The van der Waals surface area contributed by atoms with E-state index in [9.17, 15) is 0 Å². The first-order valence-electron chi connectivity index (χ1n) is 11.3. The van der Waals surface area contributed by atoms with Gasteiger partial charge in [-0.15, -0.1) is 0 Å². The van der Waals surface area contributed by atoms with Crippen LogP contribution in [0.1, 0.15) is 43.6 Å². The largest absolute Gasteiger partial charge is 0.339 e. The van der Waals surface area contributed by atoms with Gasteiger partial charge in [-0.25, -0.2) is 9.50 Å². The second kappa shape index (κ2) is 8.79. The summed E-state index contributed by atoms with van der Waals surface area (Å²) in [6, 6.07) is 12.5. The zero-order valence-electron chi connectivity index (χ0n) is 19.8. The van der Waals surface area contributed by atoms with Crippen LogP contribution in [0.5, 0.6) is 0 Å². The molecule has 0 radical (unpaired) electrons. The third-order valence-corrected chi connectivity index (χ3v) is 5.74. The number of fused-ring (bicyclic) bond motifs is 1. The molecule has 0 saturated carbocycles. The molecule has 8 heteroatoms. The van der Waals surface area contributed by atoms with Gasteiger partial charge in [0.25, 0.3) is 0 Å². The number of benzene rings is 1. The van der Waals surface area contributed by atoms with Crippen molar-refractivity contribution < 1.29 is 4.52 Å². The Labute approximate surface area is 198 Å². The van der Waals surface area contributed by atoms with Gasteiger partial charge in [0.05, 0.1) is 17.8 Å². The summed E-state index contributed by atoms with van der Waals surface area (Å²) in [4.78, 5) is 13.2. The Bertz CT molecular complexity index is 1430. The highest BCUT2D eigenvalue weighted by molar-refractivity contribution is 5.81. The number of aromatic nitrogens is 6. The fraction of sp³-hybridized carbons (Fsp3) is 0.269. The van der Waals surface area contributed by atoms with Gasteiger partial charge in [-0.2, -0.15) is 10.1 Å². The maximum atomic E-state index is 5.37. The molecule has 0 saturated heterocycles. The lowest BCUT2D eigenvalue weighted by Crippen LogP contribution is -2.15. The number of hydrogen-bond acceptors (Lipinski definition) is 7. The van der Waals surface area contributed by atoms with Crippen LogP contribution in [0.2, 0.25) is 0 Å². The van der Waals surface area contributed by atoms with Crippen LogP contribution >= 0.6 is 0 Å². The van der Waals surface area contributed by atoms with Gasteiger partial charge >= 0.3 is 0 Å². The average molecular weight is 454 g/mol. The molecular weight excluding hydrogens is 426 g/mol. The first-order valence-corrected chi connectivity index (χ1v) is 11.3. The molecule has 0 unspecified atom stereocenters. The number of nitrogens with zero attached hydrogens (tertiary/aromatic N) is 6. The van der Waals surface area contributed by atoms with Gasteiger partial charge in [-0.1, -0.05) is 38.1 Å². The predicted molar refractivity (Wildman–Crippen MR) is 130 cm³/mol. The zero-order chi connectivity index (χ0) is 23.7. The SMILES string of the molecule is Cc1cc(-c2ncnn3cc(-c4ccncc4)cc23)ccc1CNCc1noc(C(C)(C)C)n1. The van der Waals surface area contributed by atoms with Crippen molar-refractivity contribution in [1.82, 2.24) is 35.0 Å². The molecule has 0 aliphatic heterocycles. The van der Waals surface area contributed by atoms with E-state index in [0.29, 0.717) is 24.8 Å². The molecule has 0 aliphatic carbocycles. The Hall–Kier alpha value is -3.91. The normalized spacial score (nSPS) is 11.9. The van der Waals surface area contributed by atoms with Gasteiger partial charge in [0.1, 0.15) is 6.33 Å². The Morgan fingerprint density at radius 1 is 0.971 bits per heavy atom. The van der Waals surface area contributed by atoms with Crippen molar-refractivity contribution in [2.24, 2.45) is 0 Å². The van der Waals surface area contributed by atoms with E-state index in [1.54, 1.807) is 18.7 Å². The third-order valence-electron chi connectivity index (χ3n) is 5.74. The summed E-state index contributed by atoms with van der Waals surface area (Å²) in [7, 11) is 0. The number of nitrogens with one attached hydrogen (secondary N) is 1. The molecule has 0 spiro atoms. The Kier molecular flexibility index (Phi) is 5.67. The fourth-order valence-electron chi connectivity index (χ4n) is 3.84. The van der Waals surface area contributed by atoms with Gasteiger partial charge in [-0.3, -0.25) is 4.98 Å². The van der Waals surface area contributed by atoms with Gasteiger partial charge in [0.15, 0.2) is 5.82 Å². The summed E-state index contributed by atoms with van der Waals surface area (Å²) in [5.41, 5.74) is 7.35. The van der Waals surface area contributed by atoms with Crippen LogP contribution in [0.3, 0.4) is 0 Å². The molecular formula is C26H27N7O. The zero-order valence-corrected chi connectivity index (χ0v) is 19.8. The highest BCUT2D eigenvalue weighted by Gasteiger charge is 2.21. The van der Waals surface area contributed by atoms with E-state index in [1.165, 1.54) is 11.1 Å². The van der Waals surface area contributed by atoms with Crippen LogP contribution in [0.4, 0.5) is 0 Å². The van der Waals surface area contributed by atoms with Gasteiger partial charge in [0, 0.05) is 41.7 Å². The van der Waals surface area contributed by atoms with Crippen LogP contribution < -0.4 is 5.32 Å². The molecule has 0 atom stereocenters. The van der Waals surface area contributed by atoms with Crippen molar-refractivity contribution >= 4 is 5.52 Å². The van der Waals surface area contributed by atoms with Crippen LogP contribution in [-0.2, 0) is 18.5 Å². The Balaban J connectivity index is 1.33. The summed E-state index contributed by atoms with van der Waals surface area (Å²) in [5.74, 6) is 1.32. The minimum atomic E-state index is -0.150. The molecule has 172 valence electrons. The molecule has 4 heterocycles. The van der Waals surface area contributed by atoms with Crippen molar-refractivity contribution in [3.05, 3.63) is 84.2 Å². The van der Waals surface area contributed by atoms with Crippen molar-refractivity contribution in [2.75, 3.05) is 0 Å². The van der Waals surface area contributed by atoms with E-state index in [0.717, 1.165) is 27.9 Å². The highest BCUT2D eigenvalue weighted by atomic mass is 16.5. The molecule has 0 aliphatic rings. The third kappa shape index (κ3) is 4.45. The van der Waals surface area contributed by atoms with E-state index in [2.05, 4.69) is 82.5 Å². The molecule has 34 heavy (non-hydrogen) atoms. The molecule has 8 nitrogen and oxygen atoms in total. The van der Waals surface area contributed by atoms with E-state index < -0.39 is 0 Å². The van der Waals surface area contributed by atoms with Crippen molar-refractivity contribution in [3.63, 3.8) is 0 Å². The van der Waals surface area contributed by atoms with Gasteiger partial charge in [-0.05, 0) is 47.9 Å². The quantitative estimate of drug-likeness (QED) is 0.397. The van der Waals surface area contributed by atoms with E-state index in [-0.39, 0.29) is 5.41 Å². The van der Waals surface area contributed by atoms with E-state index in [4.69, 9.17) is 4.52 Å². The number of pyridine rings is 1. The molecule has 5 aromatic rings. The summed E-state index contributed by atoms with van der Waals surface area (Å²) in [5, 5.41) is 11.9. The second-order valence-corrected chi connectivity index (χ2v) is 9.41. The summed E-state index contributed by atoms with van der Waals surface area (Å²) >= 11 is 0. The second-order valence-electron chi connectivity index (χ2n) is 9.41. The maximum Gasteiger partial charge on any atom is 0.232 e. The van der Waals surface area contributed by atoms with Crippen molar-refractivity contribution in [2.45, 2.75) is 46.2 Å². The predicted octanol–water partition coefficient (Wildman–Crippen LogP) is 4.74. The lowest BCUT2D eigenvalue weighted by Gasteiger charge is -2.10. The molecule has 1 N–H and O–H groups in total. The first kappa shape index (κ1) is 21.9. The summed E-state index contributed by atoms with van der Waals surface area (Å²) in [6.07, 6.45) is 7.20. The van der Waals surface area contributed by atoms with E-state index >= 15 is 0 Å². The van der Waals surface area contributed by atoms with Crippen LogP contribution in [0.25, 0.3) is 27.9 Å². The lowest BCUT2D eigenvalue weighted by molar-refractivity contribution is 0.317. The van der Waals surface area contributed by atoms with Gasteiger partial charge in [0.2, 0.25) is 5.89 Å². The average Bonchev–Trinajstić information content (AvgIpc) is 3.48. The van der Waals surface area contributed by atoms with Crippen LogP contribution in [0, 0.1) is 6.92 Å². The lowest BCUT2D eigenvalue weighted by atomic mass is 9.97. The molecule has 5 rings (SSSR count). The number of aryl methyl sites for hydroxylation is 1. The van der Waals surface area contributed by atoms with Crippen LogP contribution in [0.15, 0.2) is 65.8 Å². The Morgan fingerprint density at radius 3 is 2.53 bits per heavy atom. The smallest absolute Gasteiger partial charge is 0.232 e. The molecule has 0 bridgehead atoms. The van der Waals surface area contributed by atoms with Crippen molar-refractivity contribution in [1.29, 1.82) is 0 Å². The van der Waals surface area contributed by atoms with Crippen molar-refractivity contribution in [3.8, 4) is 22.4 Å². The first-order chi connectivity index (χ1) is 16.4. The minimum absolute atomic E-state index is 0.150. The molecule has 0 amide bonds. The molecule has 1 aromatic carbocycles. The van der Waals surface area contributed by atoms with Crippen LogP contribution in [-0.4, -0.2) is 29.7 Å². The molecule has 4 aromatic heterocycles. The monoisotopic (exact) mass is 453 g/mol. The maximum absolute atomic E-state index is 5.37.